The summed E-state index contributed by atoms with van der Waals surface area (Å²) in [7, 11) is 0. The van der Waals surface area contributed by atoms with Crippen molar-refractivity contribution in [3.8, 4) is 5.75 Å². The van der Waals surface area contributed by atoms with Gasteiger partial charge in [-0.2, -0.15) is 0 Å². The highest BCUT2D eigenvalue weighted by Gasteiger charge is 2.30. The maximum Gasteiger partial charge on any atom is 0.261 e. The molecule has 3 rings (SSSR count). The number of likely N-dealkylation sites (N-methyl/N-ethyl adjacent to an activating group) is 1. The number of aryl methyl sites for hydroxylation is 1. The predicted molar refractivity (Wildman–Crippen MR) is 148 cm³/mol. The van der Waals surface area contributed by atoms with Gasteiger partial charge in [0.1, 0.15) is 11.8 Å². The van der Waals surface area contributed by atoms with Crippen LogP contribution in [0.1, 0.15) is 48.9 Å². The second-order valence-corrected chi connectivity index (χ2v) is 10.1. The van der Waals surface area contributed by atoms with Gasteiger partial charge < -0.3 is 15.0 Å². The van der Waals surface area contributed by atoms with Crippen molar-refractivity contribution in [2.24, 2.45) is 0 Å². The predicted octanol–water partition coefficient (Wildman–Crippen LogP) is 6.04. The molecule has 1 atom stereocenters. The Bertz CT molecular complexity index is 1160. The van der Waals surface area contributed by atoms with Crippen molar-refractivity contribution in [1.82, 2.24) is 10.2 Å². The van der Waals surface area contributed by atoms with Gasteiger partial charge in [0, 0.05) is 19.5 Å². The lowest BCUT2D eigenvalue weighted by Crippen LogP contribution is -2.51. The van der Waals surface area contributed by atoms with Crippen LogP contribution in [-0.4, -0.2) is 35.9 Å². The Labute approximate surface area is 223 Å². The number of nitrogens with zero attached hydrogens (tertiary/aromatic N) is 1. The second kappa shape index (κ2) is 13.3. The second-order valence-electron chi connectivity index (χ2n) is 9.24. The van der Waals surface area contributed by atoms with Gasteiger partial charge in [-0.05, 0) is 64.5 Å². The van der Waals surface area contributed by atoms with E-state index in [2.05, 4.69) is 35.1 Å². The summed E-state index contributed by atoms with van der Waals surface area (Å²) in [6.07, 6.45) is 0.414. The van der Waals surface area contributed by atoms with E-state index in [4.69, 9.17) is 4.74 Å². The van der Waals surface area contributed by atoms with E-state index in [-0.39, 0.29) is 18.4 Å². The van der Waals surface area contributed by atoms with E-state index >= 15 is 0 Å². The first-order chi connectivity index (χ1) is 17.3. The summed E-state index contributed by atoms with van der Waals surface area (Å²) in [4.78, 5) is 28.5. The first-order valence-electron chi connectivity index (χ1n) is 12.4. The van der Waals surface area contributed by atoms with Crippen LogP contribution in [0.5, 0.6) is 5.75 Å². The third-order valence-corrected chi connectivity index (χ3v) is 6.65. The molecular formula is C30H35BrN2O3. The van der Waals surface area contributed by atoms with Gasteiger partial charge in [0.25, 0.3) is 5.91 Å². The zero-order valence-electron chi connectivity index (χ0n) is 21.5. The largest absolute Gasteiger partial charge is 0.483 e. The number of carbonyl (C=O) groups excluding carboxylic acids is 2. The Kier molecular flexibility index (Phi) is 10.1. The molecule has 36 heavy (non-hydrogen) atoms. The van der Waals surface area contributed by atoms with Gasteiger partial charge in [-0.25, -0.2) is 0 Å². The Balaban J connectivity index is 1.88. The average Bonchev–Trinajstić information content (AvgIpc) is 2.86. The van der Waals surface area contributed by atoms with Crippen molar-refractivity contribution in [2.75, 3.05) is 13.2 Å². The quantitative estimate of drug-likeness (QED) is 0.316. The molecule has 0 fully saturated rings. The van der Waals surface area contributed by atoms with Crippen LogP contribution in [0.15, 0.2) is 77.3 Å². The highest BCUT2D eigenvalue weighted by atomic mass is 79.9. The summed E-state index contributed by atoms with van der Waals surface area (Å²) in [6.45, 7) is 8.78. The number of hydrogen-bond acceptors (Lipinski definition) is 3. The summed E-state index contributed by atoms with van der Waals surface area (Å²) in [5.74, 6) is 0.562. The monoisotopic (exact) mass is 550 g/mol. The van der Waals surface area contributed by atoms with Crippen molar-refractivity contribution in [1.29, 1.82) is 0 Å². The number of hydrogen-bond donors (Lipinski definition) is 1. The Morgan fingerprint density at radius 2 is 1.69 bits per heavy atom. The van der Waals surface area contributed by atoms with Gasteiger partial charge in [0.05, 0.1) is 4.47 Å². The van der Waals surface area contributed by atoms with Crippen molar-refractivity contribution >= 4 is 27.7 Å². The molecule has 3 aromatic rings. The summed E-state index contributed by atoms with van der Waals surface area (Å²) >= 11 is 3.57. The SMILES string of the molecule is CCNC(=O)C(Cc1ccccc1)N(Cc1cccc(C)c1)C(=O)COc1ccc(C(C)C)cc1Br. The Morgan fingerprint density at radius 3 is 2.33 bits per heavy atom. The zero-order chi connectivity index (χ0) is 26.1. The molecule has 6 heteroatoms. The van der Waals surface area contributed by atoms with Crippen molar-refractivity contribution in [2.45, 2.75) is 52.6 Å². The van der Waals surface area contributed by atoms with E-state index < -0.39 is 6.04 Å². The molecule has 0 saturated carbocycles. The van der Waals surface area contributed by atoms with Gasteiger partial charge in [-0.1, -0.05) is 80.1 Å². The molecule has 1 unspecified atom stereocenters. The molecule has 0 aliphatic carbocycles. The van der Waals surface area contributed by atoms with Crippen LogP contribution in [0.4, 0.5) is 0 Å². The molecular weight excluding hydrogens is 516 g/mol. The molecule has 1 N–H and O–H groups in total. The maximum atomic E-state index is 13.6. The number of nitrogens with one attached hydrogen (secondary N) is 1. The number of ether oxygens (including phenoxy) is 1. The number of rotatable bonds is 11. The average molecular weight is 552 g/mol. The van der Waals surface area contributed by atoms with E-state index in [0.29, 0.717) is 31.2 Å². The van der Waals surface area contributed by atoms with Crippen molar-refractivity contribution in [3.63, 3.8) is 0 Å². The summed E-state index contributed by atoms with van der Waals surface area (Å²) < 4.78 is 6.75. The third-order valence-electron chi connectivity index (χ3n) is 6.03. The van der Waals surface area contributed by atoms with Crippen LogP contribution in [0.3, 0.4) is 0 Å². The highest BCUT2D eigenvalue weighted by molar-refractivity contribution is 9.10. The molecule has 190 valence electrons. The van der Waals surface area contributed by atoms with Gasteiger partial charge in [-0.3, -0.25) is 9.59 Å². The van der Waals surface area contributed by atoms with Gasteiger partial charge in [-0.15, -0.1) is 0 Å². The normalized spacial score (nSPS) is 11.7. The molecule has 0 aliphatic rings. The summed E-state index contributed by atoms with van der Waals surface area (Å²) in [6, 6.07) is 23.0. The number of carbonyl (C=O) groups is 2. The molecule has 0 aromatic heterocycles. The van der Waals surface area contributed by atoms with Gasteiger partial charge in [0.2, 0.25) is 5.91 Å². The first kappa shape index (κ1) is 27.5. The number of halogens is 1. The summed E-state index contributed by atoms with van der Waals surface area (Å²) in [5.41, 5.74) is 4.24. The molecule has 0 saturated heterocycles. The van der Waals surface area contributed by atoms with Crippen LogP contribution >= 0.6 is 15.9 Å². The van der Waals surface area contributed by atoms with E-state index in [9.17, 15) is 9.59 Å². The first-order valence-corrected chi connectivity index (χ1v) is 13.2. The van der Waals surface area contributed by atoms with Crippen LogP contribution in [0.25, 0.3) is 0 Å². The van der Waals surface area contributed by atoms with E-state index in [1.807, 2.05) is 86.6 Å². The van der Waals surface area contributed by atoms with Gasteiger partial charge in [0.15, 0.2) is 6.61 Å². The fourth-order valence-electron chi connectivity index (χ4n) is 4.07. The minimum absolute atomic E-state index is 0.171. The smallest absolute Gasteiger partial charge is 0.261 e. The highest BCUT2D eigenvalue weighted by Crippen LogP contribution is 2.29. The van der Waals surface area contributed by atoms with Crippen LogP contribution in [-0.2, 0) is 22.6 Å². The van der Waals surface area contributed by atoms with Crippen LogP contribution in [0.2, 0.25) is 0 Å². The third kappa shape index (κ3) is 7.69. The minimum atomic E-state index is -0.671. The van der Waals surface area contributed by atoms with Crippen molar-refractivity contribution in [3.05, 3.63) is 99.5 Å². The molecule has 0 bridgehead atoms. The minimum Gasteiger partial charge on any atom is -0.483 e. The van der Waals surface area contributed by atoms with Crippen LogP contribution < -0.4 is 10.1 Å². The number of benzene rings is 3. The Hall–Kier alpha value is -3.12. The molecule has 3 aromatic carbocycles. The fraction of sp³-hybridized carbons (Fsp3) is 0.333. The zero-order valence-corrected chi connectivity index (χ0v) is 23.0. The van der Waals surface area contributed by atoms with Crippen LogP contribution in [0, 0.1) is 6.92 Å². The van der Waals surface area contributed by atoms with E-state index in [0.717, 1.165) is 21.2 Å². The standard InChI is InChI=1S/C30H35BrN2O3/c1-5-32-30(35)27(17-23-11-7-6-8-12-23)33(19-24-13-9-10-22(4)16-24)29(34)20-36-28-15-14-25(21(2)3)18-26(28)31/h6-16,18,21,27H,5,17,19-20H2,1-4H3,(H,32,35). The molecule has 0 aliphatic heterocycles. The molecule has 0 radical (unpaired) electrons. The maximum absolute atomic E-state index is 13.6. The lowest BCUT2D eigenvalue weighted by atomic mass is 10.0. The van der Waals surface area contributed by atoms with E-state index in [1.165, 1.54) is 5.56 Å². The number of amides is 2. The fourth-order valence-corrected chi connectivity index (χ4v) is 4.58. The Morgan fingerprint density at radius 1 is 0.972 bits per heavy atom. The summed E-state index contributed by atoms with van der Waals surface area (Å²) in [5, 5.41) is 2.92. The molecule has 0 spiro atoms. The van der Waals surface area contributed by atoms with E-state index in [1.54, 1.807) is 4.90 Å². The molecule has 0 heterocycles. The van der Waals surface area contributed by atoms with Crippen molar-refractivity contribution < 1.29 is 14.3 Å². The topological polar surface area (TPSA) is 58.6 Å². The lowest BCUT2D eigenvalue weighted by molar-refractivity contribution is -0.142. The lowest BCUT2D eigenvalue weighted by Gasteiger charge is -2.31. The molecule has 2 amide bonds. The van der Waals surface area contributed by atoms with Gasteiger partial charge >= 0.3 is 0 Å². The molecule has 5 nitrogen and oxygen atoms in total.